The lowest BCUT2D eigenvalue weighted by Gasteiger charge is -2.60. The van der Waals surface area contributed by atoms with Crippen LogP contribution in [0.2, 0.25) is 0 Å². The minimum absolute atomic E-state index is 0.0182. The third-order valence-corrected chi connectivity index (χ3v) is 8.04. The second-order valence-corrected chi connectivity index (χ2v) is 10.7. The molecule has 4 aliphatic rings. The van der Waals surface area contributed by atoms with Crippen molar-refractivity contribution in [3.05, 3.63) is 29.6 Å². The van der Waals surface area contributed by atoms with E-state index in [2.05, 4.69) is 10.3 Å². The van der Waals surface area contributed by atoms with E-state index < -0.39 is 11.7 Å². The van der Waals surface area contributed by atoms with Crippen LogP contribution in [0.25, 0.3) is 11.0 Å². The lowest BCUT2D eigenvalue weighted by molar-refractivity contribution is -0.140. The zero-order chi connectivity index (χ0) is 24.5. The summed E-state index contributed by atoms with van der Waals surface area (Å²) in [7, 11) is 1.59. The lowest BCUT2D eigenvalue weighted by atomic mass is 9.57. The number of amides is 3. The van der Waals surface area contributed by atoms with E-state index in [1.807, 2.05) is 9.80 Å². The Kier molecular flexibility index (Phi) is 5.07. The van der Waals surface area contributed by atoms with Gasteiger partial charge in [-0.05, 0) is 43.7 Å². The predicted molar refractivity (Wildman–Crippen MR) is 119 cm³/mol. The maximum absolute atomic E-state index is 13.2. The molecule has 1 saturated carbocycles. The molecule has 0 unspecified atom stereocenters. The Hall–Kier alpha value is -2.82. The standard InChI is InChI=1S/C24H28F3N5O3/c1-30-9-17(24(25,26)27)16-3-2-15(28-21(16)30)6-14-7-23(8-14)12-32(13-23)22(34)31-5-4-19-18(10-31)29-20(33)11-35-19/h2-3,9,14,18-19H,4-8,10-13H2,1H3,(H,29,33)/t18-,19+/m1/s1. The first-order valence-corrected chi connectivity index (χ1v) is 12.1. The number of ether oxygens (including phenoxy) is 1. The summed E-state index contributed by atoms with van der Waals surface area (Å²) in [6, 6.07) is 3.12. The second kappa shape index (κ2) is 7.84. The molecule has 11 heteroatoms. The van der Waals surface area contributed by atoms with Crippen LogP contribution in [0.3, 0.4) is 0 Å². The fraction of sp³-hybridized carbons (Fsp3) is 0.625. The summed E-state index contributed by atoms with van der Waals surface area (Å²) in [5, 5.41) is 3.06. The number of aryl methyl sites for hydroxylation is 1. The molecule has 1 spiro atoms. The summed E-state index contributed by atoms with van der Waals surface area (Å²) in [6.07, 6.45) is 0.115. The molecule has 0 radical (unpaired) electrons. The highest BCUT2D eigenvalue weighted by molar-refractivity contribution is 5.81. The van der Waals surface area contributed by atoms with Crippen LogP contribution >= 0.6 is 0 Å². The van der Waals surface area contributed by atoms with Crippen LogP contribution in [0.15, 0.2) is 18.3 Å². The van der Waals surface area contributed by atoms with Gasteiger partial charge in [0.05, 0.1) is 17.7 Å². The smallest absolute Gasteiger partial charge is 0.366 e. The van der Waals surface area contributed by atoms with Crippen LogP contribution in [-0.2, 0) is 29.2 Å². The van der Waals surface area contributed by atoms with Crippen molar-refractivity contribution < 1.29 is 27.5 Å². The number of likely N-dealkylation sites (tertiary alicyclic amines) is 2. The number of alkyl halides is 3. The summed E-state index contributed by atoms with van der Waals surface area (Å²) < 4.78 is 46.7. The van der Waals surface area contributed by atoms with Gasteiger partial charge < -0.3 is 24.4 Å². The molecule has 3 aliphatic heterocycles. The maximum atomic E-state index is 13.2. The molecular weight excluding hydrogens is 463 g/mol. The number of carbonyl (C=O) groups is 2. The minimum Gasteiger partial charge on any atom is -0.366 e. The lowest BCUT2D eigenvalue weighted by Crippen LogP contribution is -2.68. The first-order chi connectivity index (χ1) is 16.6. The molecule has 0 bridgehead atoms. The van der Waals surface area contributed by atoms with E-state index in [9.17, 15) is 22.8 Å². The Balaban J connectivity index is 1.02. The normalized spacial score (nSPS) is 26.3. The van der Waals surface area contributed by atoms with Crippen LogP contribution in [0.5, 0.6) is 0 Å². The monoisotopic (exact) mass is 491 g/mol. The van der Waals surface area contributed by atoms with Gasteiger partial charge in [-0.1, -0.05) is 0 Å². The summed E-state index contributed by atoms with van der Waals surface area (Å²) in [5.74, 6) is 0.287. The van der Waals surface area contributed by atoms with Gasteiger partial charge in [0, 0.05) is 55.9 Å². The zero-order valence-electron chi connectivity index (χ0n) is 19.5. The predicted octanol–water partition coefficient (Wildman–Crippen LogP) is 2.56. The first kappa shape index (κ1) is 22.6. The van der Waals surface area contributed by atoms with Crippen molar-refractivity contribution in [1.82, 2.24) is 24.7 Å². The molecule has 1 N–H and O–H groups in total. The highest BCUT2D eigenvalue weighted by Crippen LogP contribution is 2.53. The topological polar surface area (TPSA) is 79.7 Å². The summed E-state index contributed by atoms with van der Waals surface area (Å²) in [6.45, 7) is 2.66. The van der Waals surface area contributed by atoms with E-state index >= 15 is 0 Å². The number of hydrogen-bond acceptors (Lipinski definition) is 4. The van der Waals surface area contributed by atoms with E-state index in [1.54, 1.807) is 13.1 Å². The minimum atomic E-state index is -4.40. The van der Waals surface area contributed by atoms with E-state index in [1.165, 1.54) is 10.6 Å². The highest BCUT2D eigenvalue weighted by Gasteiger charge is 2.54. The van der Waals surface area contributed by atoms with Crippen molar-refractivity contribution in [2.45, 2.75) is 44.0 Å². The molecule has 1 aliphatic carbocycles. The van der Waals surface area contributed by atoms with E-state index in [-0.39, 0.29) is 41.5 Å². The van der Waals surface area contributed by atoms with Crippen LogP contribution < -0.4 is 5.32 Å². The number of halogens is 3. The van der Waals surface area contributed by atoms with Gasteiger partial charge in [-0.3, -0.25) is 4.79 Å². The molecule has 6 rings (SSSR count). The Bertz CT molecular complexity index is 1180. The van der Waals surface area contributed by atoms with Gasteiger partial charge >= 0.3 is 12.2 Å². The number of nitrogens with zero attached hydrogens (tertiary/aromatic N) is 4. The van der Waals surface area contributed by atoms with E-state index in [0.717, 1.165) is 50.7 Å². The molecule has 3 saturated heterocycles. The summed E-state index contributed by atoms with van der Waals surface area (Å²) in [4.78, 5) is 32.8. The maximum Gasteiger partial charge on any atom is 0.418 e. The van der Waals surface area contributed by atoms with Gasteiger partial charge in [0.15, 0.2) is 0 Å². The zero-order valence-corrected chi connectivity index (χ0v) is 19.5. The third kappa shape index (κ3) is 3.93. The van der Waals surface area contributed by atoms with Gasteiger partial charge in [-0.25, -0.2) is 9.78 Å². The van der Waals surface area contributed by atoms with Crippen molar-refractivity contribution in [3.8, 4) is 0 Å². The SMILES string of the molecule is Cn1cc(C(F)(F)F)c2ccc(CC3CC4(C3)CN(C(=O)N3CC[C@@H]5OCC(=O)N[C@@H]5C3)C4)nc21. The van der Waals surface area contributed by atoms with Gasteiger partial charge in [0.25, 0.3) is 0 Å². The number of rotatable bonds is 2. The van der Waals surface area contributed by atoms with Gasteiger partial charge in [0.1, 0.15) is 12.3 Å². The Morgan fingerprint density at radius 3 is 2.77 bits per heavy atom. The Labute approximate surface area is 200 Å². The van der Waals surface area contributed by atoms with Crippen molar-refractivity contribution in [2.24, 2.45) is 18.4 Å². The largest absolute Gasteiger partial charge is 0.418 e. The molecule has 0 aromatic carbocycles. The molecule has 188 valence electrons. The summed E-state index contributed by atoms with van der Waals surface area (Å²) in [5.41, 5.74) is 0.657. The van der Waals surface area contributed by atoms with Crippen LogP contribution in [0.1, 0.15) is 30.5 Å². The Morgan fingerprint density at radius 2 is 2.03 bits per heavy atom. The number of urea groups is 1. The van der Waals surface area contributed by atoms with Crippen molar-refractivity contribution in [3.63, 3.8) is 0 Å². The van der Waals surface area contributed by atoms with E-state index in [4.69, 9.17) is 4.74 Å². The Morgan fingerprint density at radius 1 is 1.26 bits per heavy atom. The molecule has 2 aromatic rings. The molecule has 8 nitrogen and oxygen atoms in total. The van der Waals surface area contributed by atoms with Crippen LogP contribution in [0, 0.1) is 11.3 Å². The molecule has 5 heterocycles. The van der Waals surface area contributed by atoms with Gasteiger partial charge in [-0.15, -0.1) is 0 Å². The molecule has 2 aromatic heterocycles. The number of nitrogens with one attached hydrogen (secondary N) is 1. The molecule has 3 amide bonds. The number of carbonyl (C=O) groups excluding carboxylic acids is 2. The number of aromatic nitrogens is 2. The van der Waals surface area contributed by atoms with E-state index in [0.29, 0.717) is 24.7 Å². The number of fused-ring (bicyclic) bond motifs is 2. The average Bonchev–Trinajstić information content (AvgIpc) is 3.10. The molecular formula is C24H28F3N5O3. The molecule has 35 heavy (non-hydrogen) atoms. The quantitative estimate of drug-likeness (QED) is 0.701. The average molecular weight is 492 g/mol. The molecule has 2 atom stereocenters. The number of morpholine rings is 1. The van der Waals surface area contributed by atoms with Crippen LogP contribution in [-0.4, -0.2) is 76.2 Å². The third-order valence-electron chi connectivity index (χ3n) is 8.04. The van der Waals surface area contributed by atoms with Gasteiger partial charge in [-0.2, -0.15) is 13.2 Å². The number of piperidine rings is 1. The van der Waals surface area contributed by atoms with Crippen molar-refractivity contribution in [1.29, 1.82) is 0 Å². The second-order valence-electron chi connectivity index (χ2n) is 10.7. The fourth-order valence-corrected chi connectivity index (χ4v) is 6.47. The summed E-state index contributed by atoms with van der Waals surface area (Å²) >= 11 is 0. The van der Waals surface area contributed by atoms with Crippen molar-refractivity contribution >= 4 is 23.0 Å². The number of pyridine rings is 1. The highest BCUT2D eigenvalue weighted by atomic mass is 19.4. The number of hydrogen-bond donors (Lipinski definition) is 1. The van der Waals surface area contributed by atoms with Gasteiger partial charge in [0.2, 0.25) is 5.91 Å². The molecule has 4 fully saturated rings. The first-order valence-electron chi connectivity index (χ1n) is 12.1. The fourth-order valence-electron chi connectivity index (χ4n) is 6.47. The van der Waals surface area contributed by atoms with Crippen LogP contribution in [0.4, 0.5) is 18.0 Å². The van der Waals surface area contributed by atoms with Crippen molar-refractivity contribution in [2.75, 3.05) is 32.8 Å².